The molecule has 0 spiro atoms. The summed E-state index contributed by atoms with van der Waals surface area (Å²) in [5, 5.41) is 0. The largest absolute Gasteiger partial charge is 0.302 e. The molecule has 0 aromatic heterocycles. The van der Waals surface area contributed by atoms with Gasteiger partial charge in [0.2, 0.25) is 0 Å². The Kier molecular flexibility index (Phi) is 3.62. The molecule has 0 aliphatic heterocycles. The molecule has 0 aliphatic rings. The number of rotatable bonds is 3. The SMILES string of the molecule is O=S(O)OCc1cc(F)c(F)cc1F. The monoisotopic (exact) mass is 226 g/mol. The molecule has 0 bridgehead atoms. The minimum atomic E-state index is -2.57. The fourth-order valence-electron chi connectivity index (χ4n) is 0.788. The van der Waals surface area contributed by atoms with Crippen LogP contribution in [-0.4, -0.2) is 8.76 Å². The third kappa shape index (κ3) is 2.79. The lowest BCUT2D eigenvalue weighted by molar-refractivity contribution is 0.290. The van der Waals surface area contributed by atoms with Crippen molar-refractivity contribution in [2.45, 2.75) is 6.61 Å². The van der Waals surface area contributed by atoms with Crippen molar-refractivity contribution in [3.63, 3.8) is 0 Å². The molecule has 1 N–H and O–H groups in total. The van der Waals surface area contributed by atoms with Crippen molar-refractivity contribution in [2.24, 2.45) is 0 Å². The Morgan fingerprint density at radius 1 is 1.21 bits per heavy atom. The van der Waals surface area contributed by atoms with E-state index >= 15 is 0 Å². The van der Waals surface area contributed by atoms with Crippen molar-refractivity contribution < 1.29 is 26.1 Å². The lowest BCUT2D eigenvalue weighted by atomic mass is 10.2. The van der Waals surface area contributed by atoms with Crippen LogP contribution in [-0.2, 0) is 22.2 Å². The van der Waals surface area contributed by atoms with Crippen LogP contribution in [0, 0.1) is 17.5 Å². The summed E-state index contributed by atoms with van der Waals surface area (Å²) in [5.74, 6) is -3.60. The van der Waals surface area contributed by atoms with Crippen molar-refractivity contribution in [1.29, 1.82) is 0 Å². The second kappa shape index (κ2) is 4.54. The summed E-state index contributed by atoms with van der Waals surface area (Å²) in [7, 11) is 0. The zero-order valence-electron chi connectivity index (χ0n) is 6.67. The van der Waals surface area contributed by atoms with Crippen LogP contribution in [0.5, 0.6) is 0 Å². The van der Waals surface area contributed by atoms with Crippen molar-refractivity contribution in [2.75, 3.05) is 0 Å². The first kappa shape index (κ1) is 11.2. The molecule has 3 nitrogen and oxygen atoms in total. The Bertz CT molecular complexity index is 369. The topological polar surface area (TPSA) is 46.5 Å². The average Bonchev–Trinajstić information content (AvgIpc) is 2.09. The lowest BCUT2D eigenvalue weighted by Crippen LogP contribution is -2.00. The maximum Gasteiger partial charge on any atom is 0.302 e. The van der Waals surface area contributed by atoms with Crippen LogP contribution in [0.1, 0.15) is 5.56 Å². The second-order valence-corrected chi connectivity index (χ2v) is 3.01. The van der Waals surface area contributed by atoms with E-state index in [-0.39, 0.29) is 5.56 Å². The maximum absolute atomic E-state index is 12.8. The molecule has 1 atom stereocenters. The minimum Gasteiger partial charge on any atom is -0.284 e. The summed E-state index contributed by atoms with van der Waals surface area (Å²) in [6.07, 6.45) is 0. The predicted octanol–water partition coefficient (Wildman–Crippen LogP) is 1.76. The summed E-state index contributed by atoms with van der Waals surface area (Å²) in [4.78, 5) is 0. The van der Waals surface area contributed by atoms with Gasteiger partial charge in [0.05, 0.1) is 6.61 Å². The third-order valence-electron chi connectivity index (χ3n) is 1.40. The summed E-state index contributed by atoms with van der Waals surface area (Å²) < 4.78 is 60.1. The zero-order chi connectivity index (χ0) is 10.7. The van der Waals surface area contributed by atoms with E-state index < -0.39 is 35.4 Å². The van der Waals surface area contributed by atoms with Crippen LogP contribution in [0.3, 0.4) is 0 Å². The molecule has 0 amide bonds. The van der Waals surface area contributed by atoms with Crippen LogP contribution in [0.4, 0.5) is 13.2 Å². The smallest absolute Gasteiger partial charge is 0.284 e. The third-order valence-corrected chi connectivity index (χ3v) is 1.72. The number of hydrogen-bond donors (Lipinski definition) is 1. The molecule has 1 aromatic rings. The maximum atomic E-state index is 12.8. The van der Waals surface area contributed by atoms with Gasteiger partial charge in [-0.25, -0.2) is 13.2 Å². The van der Waals surface area contributed by atoms with E-state index in [1.54, 1.807) is 0 Å². The quantitative estimate of drug-likeness (QED) is 0.631. The molecule has 1 unspecified atom stereocenters. The van der Waals surface area contributed by atoms with Crippen molar-refractivity contribution in [3.8, 4) is 0 Å². The van der Waals surface area contributed by atoms with E-state index in [0.29, 0.717) is 12.1 Å². The molecule has 0 saturated carbocycles. The van der Waals surface area contributed by atoms with E-state index in [9.17, 15) is 17.4 Å². The fourth-order valence-corrected chi connectivity index (χ4v) is 1.02. The zero-order valence-corrected chi connectivity index (χ0v) is 7.48. The highest BCUT2D eigenvalue weighted by molar-refractivity contribution is 7.74. The summed E-state index contributed by atoms with van der Waals surface area (Å²) in [5.41, 5.74) is -0.327. The molecular weight excluding hydrogens is 221 g/mol. The first-order valence-corrected chi connectivity index (χ1v) is 4.41. The molecular formula is C7H5F3O3S. The van der Waals surface area contributed by atoms with Gasteiger partial charge in [0.1, 0.15) is 5.82 Å². The molecule has 0 heterocycles. The van der Waals surface area contributed by atoms with Gasteiger partial charge in [0, 0.05) is 11.6 Å². The van der Waals surface area contributed by atoms with Crippen LogP contribution in [0.15, 0.2) is 12.1 Å². The highest BCUT2D eigenvalue weighted by Crippen LogP contribution is 2.14. The normalized spacial score (nSPS) is 12.9. The van der Waals surface area contributed by atoms with Crippen molar-refractivity contribution >= 4 is 11.4 Å². The molecule has 1 rings (SSSR count). The first-order chi connectivity index (χ1) is 6.50. The van der Waals surface area contributed by atoms with Crippen LogP contribution >= 0.6 is 0 Å². The standard InChI is InChI=1S/C7H5F3O3S/c8-5-2-7(10)6(9)1-4(5)3-13-14(11)12/h1-2H,3H2,(H,11,12). The van der Waals surface area contributed by atoms with Crippen LogP contribution in [0.25, 0.3) is 0 Å². The van der Waals surface area contributed by atoms with Crippen LogP contribution < -0.4 is 0 Å². The van der Waals surface area contributed by atoms with Gasteiger partial charge in [0.25, 0.3) is 0 Å². The number of halogens is 3. The first-order valence-electron chi connectivity index (χ1n) is 3.38. The molecule has 0 fully saturated rings. The Labute approximate surface area is 80.0 Å². The highest BCUT2D eigenvalue weighted by atomic mass is 32.2. The van der Waals surface area contributed by atoms with Gasteiger partial charge in [-0.3, -0.25) is 8.74 Å². The van der Waals surface area contributed by atoms with E-state index in [4.69, 9.17) is 4.55 Å². The Hall–Kier alpha value is -0.920. The van der Waals surface area contributed by atoms with E-state index in [1.165, 1.54) is 0 Å². The van der Waals surface area contributed by atoms with Gasteiger partial charge in [-0.05, 0) is 6.07 Å². The van der Waals surface area contributed by atoms with Gasteiger partial charge >= 0.3 is 11.4 Å². The second-order valence-electron chi connectivity index (χ2n) is 2.34. The van der Waals surface area contributed by atoms with Gasteiger partial charge < -0.3 is 0 Å². The summed E-state index contributed by atoms with van der Waals surface area (Å²) >= 11 is -2.57. The van der Waals surface area contributed by atoms with Gasteiger partial charge in [0.15, 0.2) is 11.6 Å². The molecule has 78 valence electrons. The van der Waals surface area contributed by atoms with Gasteiger partial charge in [-0.2, -0.15) is 4.21 Å². The molecule has 1 aromatic carbocycles. The van der Waals surface area contributed by atoms with Gasteiger partial charge in [-0.15, -0.1) is 0 Å². The summed E-state index contributed by atoms with van der Waals surface area (Å²) in [6.45, 7) is -0.605. The van der Waals surface area contributed by atoms with Crippen molar-refractivity contribution in [1.82, 2.24) is 0 Å². The molecule has 0 aliphatic carbocycles. The van der Waals surface area contributed by atoms with E-state index in [2.05, 4.69) is 4.18 Å². The summed E-state index contributed by atoms with van der Waals surface area (Å²) in [6, 6.07) is 0.909. The Morgan fingerprint density at radius 2 is 1.79 bits per heavy atom. The average molecular weight is 226 g/mol. The van der Waals surface area contributed by atoms with Gasteiger partial charge in [-0.1, -0.05) is 0 Å². The van der Waals surface area contributed by atoms with E-state index in [0.717, 1.165) is 0 Å². The number of benzene rings is 1. The number of hydrogen-bond acceptors (Lipinski definition) is 2. The predicted molar refractivity (Wildman–Crippen MR) is 41.9 cm³/mol. The Balaban J connectivity index is 2.87. The lowest BCUT2D eigenvalue weighted by Gasteiger charge is -2.02. The molecule has 0 radical (unpaired) electrons. The van der Waals surface area contributed by atoms with E-state index in [1.807, 2.05) is 0 Å². The molecule has 7 heteroatoms. The van der Waals surface area contributed by atoms with Crippen molar-refractivity contribution in [3.05, 3.63) is 35.1 Å². The molecule has 14 heavy (non-hydrogen) atoms. The fraction of sp³-hybridized carbons (Fsp3) is 0.143. The highest BCUT2D eigenvalue weighted by Gasteiger charge is 2.10. The Morgan fingerprint density at radius 3 is 2.36 bits per heavy atom. The molecule has 0 saturated heterocycles. The minimum absolute atomic E-state index is 0.327. The van der Waals surface area contributed by atoms with Crippen LogP contribution in [0.2, 0.25) is 0 Å².